The number of anilines is 1. The molecular weight excluding hydrogens is 388 g/mol. The van der Waals surface area contributed by atoms with E-state index in [0.29, 0.717) is 17.3 Å². The number of nitrogens with zero attached hydrogens (tertiary/aromatic N) is 4. The van der Waals surface area contributed by atoms with Gasteiger partial charge in [0.05, 0.1) is 10.5 Å². The van der Waals surface area contributed by atoms with Crippen LogP contribution < -0.4 is 5.32 Å². The second kappa shape index (κ2) is 7.59. The third kappa shape index (κ3) is 3.65. The smallest absolute Gasteiger partial charge is 0.280 e. The van der Waals surface area contributed by atoms with Gasteiger partial charge in [-0.25, -0.2) is 4.98 Å². The molecule has 0 fully saturated rings. The first-order valence-corrected chi connectivity index (χ1v) is 8.94. The number of H-pyrrole nitrogens is 1. The van der Waals surface area contributed by atoms with Crippen LogP contribution in [0.4, 0.5) is 11.4 Å². The molecule has 0 saturated carbocycles. The molecule has 0 radical (unpaired) electrons. The number of para-hydroxylation sites is 1. The molecule has 0 aliphatic carbocycles. The van der Waals surface area contributed by atoms with Crippen LogP contribution in [0.5, 0.6) is 0 Å². The number of benzene rings is 2. The van der Waals surface area contributed by atoms with Gasteiger partial charge in [0, 0.05) is 23.4 Å². The van der Waals surface area contributed by atoms with Crippen molar-refractivity contribution in [2.24, 2.45) is 0 Å². The summed E-state index contributed by atoms with van der Waals surface area (Å²) in [7, 11) is 0. The first-order chi connectivity index (χ1) is 14.4. The maximum atomic E-state index is 12.7. The van der Waals surface area contributed by atoms with E-state index in [1.165, 1.54) is 18.2 Å². The fraction of sp³-hybridized carbons (Fsp3) is 0.100. The van der Waals surface area contributed by atoms with Gasteiger partial charge in [0.15, 0.2) is 17.3 Å². The van der Waals surface area contributed by atoms with Gasteiger partial charge in [-0.2, -0.15) is 5.10 Å². The van der Waals surface area contributed by atoms with Crippen LogP contribution in [0.1, 0.15) is 21.9 Å². The highest BCUT2D eigenvalue weighted by molar-refractivity contribution is 6.04. The summed E-state index contributed by atoms with van der Waals surface area (Å²) in [5, 5.41) is 24.7. The SMILES string of the molecule is Cc1nc(-c2ccc(C)c(NC(=O)c3cc(-c4ccccc4[N+](=O)[O-])on3)c2)n[nH]1. The molecule has 150 valence electrons. The van der Waals surface area contributed by atoms with Crippen molar-refractivity contribution >= 4 is 17.3 Å². The summed E-state index contributed by atoms with van der Waals surface area (Å²) in [6.45, 7) is 3.65. The van der Waals surface area contributed by atoms with Gasteiger partial charge in [-0.05, 0) is 31.5 Å². The third-order valence-electron chi connectivity index (χ3n) is 4.45. The molecule has 0 atom stereocenters. The lowest BCUT2D eigenvalue weighted by Crippen LogP contribution is -2.13. The fourth-order valence-electron chi connectivity index (χ4n) is 2.90. The molecule has 2 aromatic carbocycles. The Labute approximate surface area is 170 Å². The molecule has 0 unspecified atom stereocenters. The number of rotatable bonds is 5. The lowest BCUT2D eigenvalue weighted by Gasteiger charge is -2.08. The zero-order chi connectivity index (χ0) is 21.3. The average molecular weight is 404 g/mol. The van der Waals surface area contributed by atoms with Crippen molar-refractivity contribution in [1.82, 2.24) is 20.3 Å². The number of nitro groups is 1. The van der Waals surface area contributed by atoms with Crippen LogP contribution in [-0.4, -0.2) is 31.2 Å². The van der Waals surface area contributed by atoms with Crippen molar-refractivity contribution in [2.45, 2.75) is 13.8 Å². The molecule has 0 spiro atoms. The Morgan fingerprint density at radius 1 is 1.17 bits per heavy atom. The van der Waals surface area contributed by atoms with Gasteiger partial charge in [0.25, 0.3) is 11.6 Å². The Hall–Kier alpha value is -4.34. The predicted octanol–water partition coefficient (Wildman–Crippen LogP) is 3.90. The van der Waals surface area contributed by atoms with E-state index in [9.17, 15) is 14.9 Å². The van der Waals surface area contributed by atoms with E-state index in [1.54, 1.807) is 25.1 Å². The van der Waals surface area contributed by atoms with Crippen LogP contribution in [0, 0.1) is 24.0 Å². The number of aromatic amines is 1. The van der Waals surface area contributed by atoms with Crippen LogP contribution in [0.25, 0.3) is 22.7 Å². The van der Waals surface area contributed by atoms with Gasteiger partial charge < -0.3 is 9.84 Å². The van der Waals surface area contributed by atoms with Crippen molar-refractivity contribution in [3.8, 4) is 22.7 Å². The van der Waals surface area contributed by atoms with Crippen molar-refractivity contribution in [2.75, 3.05) is 5.32 Å². The number of nitrogens with one attached hydrogen (secondary N) is 2. The zero-order valence-electron chi connectivity index (χ0n) is 16.0. The molecule has 4 aromatic rings. The number of amides is 1. The minimum absolute atomic E-state index is 0.00157. The summed E-state index contributed by atoms with van der Waals surface area (Å²) in [6, 6.07) is 12.9. The third-order valence-corrected chi connectivity index (χ3v) is 4.45. The number of hydrogen-bond donors (Lipinski definition) is 2. The second-order valence-electron chi connectivity index (χ2n) is 6.58. The monoisotopic (exact) mass is 404 g/mol. The topological polar surface area (TPSA) is 140 Å². The molecule has 10 nitrogen and oxygen atoms in total. The minimum Gasteiger partial charge on any atom is -0.355 e. The molecule has 30 heavy (non-hydrogen) atoms. The van der Waals surface area contributed by atoms with E-state index >= 15 is 0 Å². The summed E-state index contributed by atoms with van der Waals surface area (Å²) in [6.07, 6.45) is 0. The Morgan fingerprint density at radius 2 is 1.97 bits per heavy atom. The van der Waals surface area contributed by atoms with Gasteiger partial charge in [0.2, 0.25) is 0 Å². The second-order valence-corrected chi connectivity index (χ2v) is 6.58. The van der Waals surface area contributed by atoms with Crippen LogP contribution in [0.2, 0.25) is 0 Å². The van der Waals surface area contributed by atoms with E-state index in [-0.39, 0.29) is 22.7 Å². The molecule has 0 aliphatic rings. The van der Waals surface area contributed by atoms with Crippen molar-refractivity contribution < 1.29 is 14.2 Å². The highest BCUT2D eigenvalue weighted by Crippen LogP contribution is 2.30. The van der Waals surface area contributed by atoms with Gasteiger partial charge in [-0.3, -0.25) is 20.0 Å². The highest BCUT2D eigenvalue weighted by Gasteiger charge is 2.21. The molecule has 10 heteroatoms. The Balaban J connectivity index is 1.59. The van der Waals surface area contributed by atoms with Gasteiger partial charge in [-0.15, -0.1) is 0 Å². The molecule has 0 aliphatic heterocycles. The van der Waals surface area contributed by atoms with Crippen molar-refractivity contribution in [3.63, 3.8) is 0 Å². The summed E-state index contributed by atoms with van der Waals surface area (Å²) < 4.78 is 5.19. The number of aromatic nitrogens is 4. The number of carbonyl (C=O) groups excluding carboxylic acids is 1. The standard InChI is InChI=1S/C20H16N6O4/c1-11-7-8-13(19-21-12(2)23-24-19)9-15(11)22-20(27)16-10-18(30-25-16)14-5-3-4-6-17(14)26(28)29/h3-10H,1-2H3,(H,22,27)(H,21,23,24). The molecule has 0 saturated heterocycles. The van der Waals surface area contributed by atoms with E-state index < -0.39 is 10.8 Å². The van der Waals surface area contributed by atoms with E-state index in [1.807, 2.05) is 19.1 Å². The van der Waals surface area contributed by atoms with Crippen LogP contribution in [0.3, 0.4) is 0 Å². The lowest BCUT2D eigenvalue weighted by atomic mass is 10.1. The van der Waals surface area contributed by atoms with Crippen molar-refractivity contribution in [1.29, 1.82) is 0 Å². The first-order valence-electron chi connectivity index (χ1n) is 8.94. The summed E-state index contributed by atoms with van der Waals surface area (Å²) in [5.41, 5.74) is 2.25. The normalized spacial score (nSPS) is 10.7. The Bertz CT molecular complexity index is 1260. The van der Waals surface area contributed by atoms with E-state index in [0.717, 1.165) is 11.1 Å². The molecule has 0 bridgehead atoms. The highest BCUT2D eigenvalue weighted by atomic mass is 16.6. The lowest BCUT2D eigenvalue weighted by molar-refractivity contribution is -0.384. The Morgan fingerprint density at radius 3 is 2.70 bits per heavy atom. The molecule has 1 amide bonds. The first kappa shape index (κ1) is 19.0. The average Bonchev–Trinajstić information content (AvgIpc) is 3.39. The van der Waals surface area contributed by atoms with Crippen molar-refractivity contribution in [3.05, 3.63) is 75.7 Å². The number of nitro benzene ring substituents is 1. The van der Waals surface area contributed by atoms with Gasteiger partial charge in [-0.1, -0.05) is 29.4 Å². The maximum Gasteiger partial charge on any atom is 0.280 e. The summed E-state index contributed by atoms with van der Waals surface area (Å²) in [5.74, 6) is 0.827. The molecule has 2 heterocycles. The quantitative estimate of drug-likeness (QED) is 0.380. The number of hydrogen-bond acceptors (Lipinski definition) is 7. The summed E-state index contributed by atoms with van der Waals surface area (Å²) >= 11 is 0. The van der Waals surface area contributed by atoms with Crippen LogP contribution in [0.15, 0.2) is 53.1 Å². The largest absolute Gasteiger partial charge is 0.355 e. The molecule has 2 aromatic heterocycles. The van der Waals surface area contributed by atoms with E-state index in [2.05, 4.69) is 25.7 Å². The fourth-order valence-corrected chi connectivity index (χ4v) is 2.90. The number of carbonyl (C=O) groups is 1. The van der Waals surface area contributed by atoms with Crippen LogP contribution >= 0.6 is 0 Å². The summed E-state index contributed by atoms with van der Waals surface area (Å²) in [4.78, 5) is 27.7. The number of aryl methyl sites for hydroxylation is 2. The van der Waals surface area contributed by atoms with E-state index in [4.69, 9.17) is 4.52 Å². The molecule has 4 rings (SSSR count). The Kier molecular flexibility index (Phi) is 4.80. The molecule has 2 N–H and O–H groups in total. The maximum absolute atomic E-state index is 12.7. The van der Waals surface area contributed by atoms with Gasteiger partial charge in [0.1, 0.15) is 5.82 Å². The van der Waals surface area contributed by atoms with Gasteiger partial charge >= 0.3 is 0 Å². The minimum atomic E-state index is -0.517. The zero-order valence-corrected chi connectivity index (χ0v) is 16.0. The molecular formula is C20H16N6O4. The predicted molar refractivity (Wildman–Crippen MR) is 108 cm³/mol. The van der Waals surface area contributed by atoms with Crippen LogP contribution in [-0.2, 0) is 0 Å².